The summed E-state index contributed by atoms with van der Waals surface area (Å²) in [4.78, 5) is 27.3. The minimum Gasteiger partial charge on any atom is -0.338 e. The van der Waals surface area contributed by atoms with Crippen LogP contribution in [0.5, 0.6) is 0 Å². The molecule has 1 saturated carbocycles. The molecule has 0 unspecified atom stereocenters. The van der Waals surface area contributed by atoms with Crippen molar-refractivity contribution in [3.05, 3.63) is 12.2 Å². The lowest BCUT2D eigenvalue weighted by molar-refractivity contribution is -0.857. The summed E-state index contributed by atoms with van der Waals surface area (Å²) in [6.07, 6.45) is 5.29. The van der Waals surface area contributed by atoms with E-state index < -0.39 is 0 Å². The van der Waals surface area contributed by atoms with Crippen LogP contribution in [0.3, 0.4) is 0 Å². The minimum absolute atomic E-state index is 0.0327. The molecule has 3 aliphatic rings. The highest BCUT2D eigenvalue weighted by atomic mass is 16.2. The molecule has 1 aliphatic heterocycles. The van der Waals surface area contributed by atoms with Crippen molar-refractivity contribution in [2.24, 2.45) is 23.7 Å². The fraction of sp³-hybridized carbons (Fsp3) is 0.692. The van der Waals surface area contributed by atoms with Gasteiger partial charge in [0.05, 0.1) is 39.0 Å². The van der Waals surface area contributed by atoms with Gasteiger partial charge < -0.3 is 4.90 Å². The van der Waals surface area contributed by atoms with Crippen LogP contribution in [0.4, 0.5) is 0 Å². The fourth-order valence-electron chi connectivity index (χ4n) is 3.52. The Morgan fingerprint density at radius 1 is 1.18 bits per heavy atom. The summed E-state index contributed by atoms with van der Waals surface area (Å²) >= 11 is 0. The van der Waals surface area contributed by atoms with Crippen molar-refractivity contribution >= 4 is 11.8 Å². The highest BCUT2D eigenvalue weighted by molar-refractivity contribution is 6.06. The molecule has 1 N–H and O–H groups in total. The van der Waals surface area contributed by atoms with Gasteiger partial charge in [0.2, 0.25) is 11.8 Å². The van der Waals surface area contributed by atoms with Gasteiger partial charge in [0.25, 0.3) is 0 Å². The molecule has 92 valence electrons. The molecular weight excluding hydrogens is 216 g/mol. The van der Waals surface area contributed by atoms with Crippen LogP contribution in [-0.2, 0) is 9.59 Å². The molecule has 4 nitrogen and oxygen atoms in total. The number of rotatable bonds is 3. The lowest BCUT2D eigenvalue weighted by Crippen LogP contribution is -3.06. The average Bonchev–Trinajstić information content (AvgIpc) is 2.92. The van der Waals surface area contributed by atoms with Gasteiger partial charge >= 0.3 is 0 Å². The molecular formula is C13H19N2O2+. The predicted molar refractivity (Wildman–Crippen MR) is 62.1 cm³/mol. The van der Waals surface area contributed by atoms with Crippen LogP contribution in [-0.4, -0.2) is 43.9 Å². The third-order valence-corrected chi connectivity index (χ3v) is 4.40. The maximum absolute atomic E-state index is 12.3. The van der Waals surface area contributed by atoms with Gasteiger partial charge in [0.15, 0.2) is 0 Å². The van der Waals surface area contributed by atoms with Crippen LogP contribution < -0.4 is 4.90 Å². The Hall–Kier alpha value is -1.16. The standard InChI is InChI=1S/C13H18N2O2/c1-14(2)5-6-15-12(16)10-8-3-4-9(7-8)11(10)13(15)17/h3-4,8-11H,5-7H2,1-2H3/p+1/t8-,9-,10-,11+/m1/s1. The van der Waals surface area contributed by atoms with E-state index in [-0.39, 0.29) is 23.7 Å². The summed E-state index contributed by atoms with van der Waals surface area (Å²) in [6.45, 7) is 1.41. The molecule has 0 aromatic heterocycles. The highest BCUT2D eigenvalue weighted by Gasteiger charge is 2.59. The Morgan fingerprint density at radius 3 is 2.18 bits per heavy atom. The minimum atomic E-state index is -0.0327. The lowest BCUT2D eigenvalue weighted by atomic mass is 9.85. The monoisotopic (exact) mass is 235 g/mol. The summed E-state index contributed by atoms with van der Waals surface area (Å²) in [7, 11) is 4.08. The number of amides is 2. The first-order valence-electron chi connectivity index (χ1n) is 6.42. The van der Waals surface area contributed by atoms with Gasteiger partial charge in [-0.05, 0) is 18.3 Å². The summed E-state index contributed by atoms with van der Waals surface area (Å²) in [6, 6.07) is 0. The number of nitrogens with zero attached hydrogens (tertiary/aromatic N) is 1. The van der Waals surface area contributed by atoms with Gasteiger partial charge in [-0.2, -0.15) is 0 Å². The highest BCUT2D eigenvalue weighted by Crippen LogP contribution is 2.52. The van der Waals surface area contributed by atoms with Gasteiger partial charge in [-0.15, -0.1) is 0 Å². The molecule has 0 aromatic rings. The van der Waals surface area contributed by atoms with Crippen LogP contribution >= 0.6 is 0 Å². The molecule has 1 heterocycles. The fourth-order valence-corrected chi connectivity index (χ4v) is 3.52. The maximum atomic E-state index is 12.3. The van der Waals surface area contributed by atoms with Crippen LogP contribution in [0.1, 0.15) is 6.42 Å². The number of imide groups is 1. The molecule has 2 aliphatic carbocycles. The van der Waals surface area contributed by atoms with Gasteiger partial charge in [-0.25, -0.2) is 0 Å². The van der Waals surface area contributed by atoms with E-state index >= 15 is 0 Å². The van der Waals surface area contributed by atoms with E-state index in [1.165, 1.54) is 9.80 Å². The van der Waals surface area contributed by atoms with Gasteiger partial charge in [0.1, 0.15) is 0 Å². The molecule has 4 heteroatoms. The first kappa shape index (κ1) is 11.0. The number of hydrogen-bond donors (Lipinski definition) is 1. The summed E-state index contributed by atoms with van der Waals surface area (Å²) in [5, 5.41) is 0. The Kier molecular flexibility index (Phi) is 2.36. The number of likely N-dealkylation sites (tertiary alicyclic amines) is 1. The first-order valence-corrected chi connectivity index (χ1v) is 6.42. The van der Waals surface area contributed by atoms with E-state index in [0.29, 0.717) is 18.4 Å². The van der Waals surface area contributed by atoms with E-state index in [2.05, 4.69) is 12.2 Å². The van der Waals surface area contributed by atoms with E-state index in [4.69, 9.17) is 0 Å². The first-order chi connectivity index (χ1) is 8.09. The van der Waals surface area contributed by atoms with Crippen molar-refractivity contribution in [1.29, 1.82) is 0 Å². The summed E-state index contributed by atoms with van der Waals surface area (Å²) in [5.74, 6) is 0.761. The number of likely N-dealkylation sites (N-methyl/N-ethyl adjacent to an activating group) is 1. The van der Waals surface area contributed by atoms with E-state index in [9.17, 15) is 9.59 Å². The van der Waals surface area contributed by atoms with Crippen LogP contribution in [0.15, 0.2) is 12.2 Å². The zero-order valence-electron chi connectivity index (χ0n) is 10.3. The SMILES string of the molecule is C[NH+](C)CCN1C(=O)[C@@H]2[C@H](C1=O)[C@@H]1C=C[C@@H]2C1. The summed E-state index contributed by atoms with van der Waals surface area (Å²) < 4.78 is 0. The van der Waals surface area contributed by atoms with E-state index in [0.717, 1.165) is 13.0 Å². The Balaban J connectivity index is 1.78. The van der Waals surface area contributed by atoms with Crippen molar-refractivity contribution in [3.8, 4) is 0 Å². The third kappa shape index (κ3) is 1.47. The Labute approximate surface area is 101 Å². The quantitative estimate of drug-likeness (QED) is 0.500. The van der Waals surface area contributed by atoms with Crippen molar-refractivity contribution in [3.63, 3.8) is 0 Å². The van der Waals surface area contributed by atoms with E-state index in [1.807, 2.05) is 14.1 Å². The largest absolute Gasteiger partial charge is 0.338 e. The second kappa shape index (κ2) is 3.67. The van der Waals surface area contributed by atoms with Crippen LogP contribution in [0.2, 0.25) is 0 Å². The molecule has 0 radical (unpaired) electrons. The normalized spacial score (nSPS) is 38.6. The van der Waals surface area contributed by atoms with E-state index in [1.54, 1.807) is 0 Å². The van der Waals surface area contributed by atoms with Gasteiger partial charge in [-0.3, -0.25) is 14.5 Å². The molecule has 2 fully saturated rings. The number of quaternary nitrogens is 1. The zero-order chi connectivity index (χ0) is 12.2. The summed E-state index contributed by atoms with van der Waals surface area (Å²) in [5.41, 5.74) is 0. The van der Waals surface area contributed by atoms with Crippen LogP contribution in [0.25, 0.3) is 0 Å². The average molecular weight is 235 g/mol. The molecule has 0 spiro atoms. The Bertz CT molecular complexity index is 372. The van der Waals surface area contributed by atoms with Crippen LogP contribution in [0, 0.1) is 23.7 Å². The maximum Gasteiger partial charge on any atom is 0.233 e. The van der Waals surface area contributed by atoms with Crippen molar-refractivity contribution in [2.45, 2.75) is 6.42 Å². The number of nitrogens with one attached hydrogen (secondary N) is 1. The molecule has 0 aromatic carbocycles. The topological polar surface area (TPSA) is 41.8 Å². The lowest BCUT2D eigenvalue weighted by Gasteiger charge is -2.17. The molecule has 1 saturated heterocycles. The number of carbonyl (C=O) groups is 2. The second-order valence-corrected chi connectivity index (χ2v) is 5.79. The molecule has 3 rings (SSSR count). The van der Waals surface area contributed by atoms with Crippen molar-refractivity contribution < 1.29 is 14.5 Å². The zero-order valence-corrected chi connectivity index (χ0v) is 10.3. The van der Waals surface area contributed by atoms with Crippen molar-refractivity contribution in [1.82, 2.24) is 4.90 Å². The number of fused-ring (bicyclic) bond motifs is 5. The van der Waals surface area contributed by atoms with Gasteiger partial charge in [-0.1, -0.05) is 12.2 Å². The molecule has 2 bridgehead atoms. The van der Waals surface area contributed by atoms with Crippen molar-refractivity contribution in [2.75, 3.05) is 27.2 Å². The Morgan fingerprint density at radius 2 is 1.71 bits per heavy atom. The number of hydrogen-bond acceptors (Lipinski definition) is 2. The number of allylic oxidation sites excluding steroid dienone is 2. The van der Waals surface area contributed by atoms with Gasteiger partial charge in [0, 0.05) is 0 Å². The third-order valence-electron chi connectivity index (χ3n) is 4.40. The second-order valence-electron chi connectivity index (χ2n) is 5.79. The predicted octanol–water partition coefficient (Wildman–Crippen LogP) is -1.06. The smallest absolute Gasteiger partial charge is 0.233 e. The molecule has 17 heavy (non-hydrogen) atoms. The molecule has 4 atom stereocenters. The molecule has 2 amide bonds. The number of carbonyl (C=O) groups excluding carboxylic acids is 2.